The average Bonchev–Trinajstić information content (AvgIpc) is 2.65. The maximum absolute atomic E-state index is 12.6. The van der Waals surface area contributed by atoms with Gasteiger partial charge in [-0.3, -0.25) is 4.79 Å². The summed E-state index contributed by atoms with van der Waals surface area (Å²) in [6.45, 7) is 1.85. The van der Waals surface area contributed by atoms with E-state index in [1.807, 2.05) is 6.92 Å². The lowest BCUT2D eigenvalue weighted by Crippen LogP contribution is -2.57. The normalized spacial score (nSPS) is 21.3. The first-order chi connectivity index (χ1) is 13.3. The Morgan fingerprint density at radius 3 is 2.75 bits per heavy atom. The Labute approximate surface area is 174 Å². The van der Waals surface area contributed by atoms with Crippen molar-refractivity contribution in [2.75, 3.05) is 0 Å². The minimum Gasteiger partial charge on any atom is -0.478 e. The maximum Gasteiger partial charge on any atom is 0.348 e. The molecule has 0 aliphatic heterocycles. The molecule has 1 fully saturated rings. The van der Waals surface area contributed by atoms with Crippen molar-refractivity contribution < 1.29 is 19.1 Å². The van der Waals surface area contributed by atoms with Gasteiger partial charge in [-0.05, 0) is 43.2 Å². The molecule has 1 N–H and O–H groups in total. The quantitative estimate of drug-likeness (QED) is 0.552. The molecule has 1 aliphatic rings. The first-order valence-electron chi connectivity index (χ1n) is 8.76. The highest BCUT2D eigenvalue weighted by molar-refractivity contribution is 9.10. The molecule has 2 unspecified atom stereocenters. The highest BCUT2D eigenvalue weighted by atomic mass is 79.9. The number of benzene rings is 2. The molecule has 0 saturated heterocycles. The Kier molecular flexibility index (Phi) is 4.71. The van der Waals surface area contributed by atoms with Crippen molar-refractivity contribution in [1.82, 2.24) is 0 Å². The van der Waals surface area contributed by atoms with E-state index in [0.717, 1.165) is 10.9 Å². The van der Waals surface area contributed by atoms with Crippen LogP contribution in [0, 0.1) is 5.92 Å². The van der Waals surface area contributed by atoms with Gasteiger partial charge >= 0.3 is 5.97 Å². The van der Waals surface area contributed by atoms with Gasteiger partial charge in [0, 0.05) is 16.5 Å². The first kappa shape index (κ1) is 19.0. The standard InChI is InChI=1S/C21H16BrClO5/c1-11-7-8-21(11,20(25)26)28-18-9-12(22)5-6-14(18)17-10-16(24)13-3-2-4-15(23)19(13)27-17/h2-6,9-11H,7-8H2,1H3,(H,25,26). The third-order valence-corrected chi connectivity index (χ3v) is 6.11. The van der Waals surface area contributed by atoms with Crippen LogP contribution in [0.15, 0.2) is 56.1 Å². The van der Waals surface area contributed by atoms with Crippen LogP contribution < -0.4 is 10.2 Å². The molecule has 1 aliphatic carbocycles. The van der Waals surface area contributed by atoms with Gasteiger partial charge < -0.3 is 14.3 Å². The number of ether oxygens (including phenoxy) is 1. The van der Waals surface area contributed by atoms with Crippen molar-refractivity contribution >= 4 is 44.5 Å². The number of para-hydroxylation sites is 1. The summed E-state index contributed by atoms with van der Waals surface area (Å²) in [4.78, 5) is 24.5. The molecule has 2 aromatic carbocycles. The molecule has 28 heavy (non-hydrogen) atoms. The predicted octanol–water partition coefficient (Wildman–Crippen LogP) is 5.51. The van der Waals surface area contributed by atoms with Crippen LogP contribution in [0.25, 0.3) is 22.3 Å². The zero-order valence-electron chi connectivity index (χ0n) is 14.9. The van der Waals surface area contributed by atoms with Gasteiger partial charge in [0.15, 0.2) is 11.0 Å². The second-order valence-corrected chi connectivity index (χ2v) is 8.29. The number of carboxylic acid groups (broad SMARTS) is 1. The molecule has 5 nitrogen and oxygen atoms in total. The molecule has 1 aromatic heterocycles. The lowest BCUT2D eigenvalue weighted by atomic mass is 9.70. The van der Waals surface area contributed by atoms with Gasteiger partial charge in [0.2, 0.25) is 5.60 Å². The van der Waals surface area contributed by atoms with E-state index in [9.17, 15) is 14.7 Å². The number of carboxylic acids is 1. The van der Waals surface area contributed by atoms with Crippen LogP contribution >= 0.6 is 27.5 Å². The van der Waals surface area contributed by atoms with Crippen molar-refractivity contribution in [1.29, 1.82) is 0 Å². The molecule has 0 radical (unpaired) electrons. The Morgan fingerprint density at radius 2 is 2.11 bits per heavy atom. The van der Waals surface area contributed by atoms with E-state index in [4.69, 9.17) is 20.8 Å². The highest BCUT2D eigenvalue weighted by Crippen LogP contribution is 2.45. The highest BCUT2D eigenvalue weighted by Gasteiger charge is 2.53. The van der Waals surface area contributed by atoms with Gasteiger partial charge in [0.1, 0.15) is 11.5 Å². The van der Waals surface area contributed by atoms with Gasteiger partial charge in [0.05, 0.1) is 16.0 Å². The maximum atomic E-state index is 12.6. The van der Waals surface area contributed by atoms with E-state index in [1.165, 1.54) is 6.07 Å². The molecule has 144 valence electrons. The largest absolute Gasteiger partial charge is 0.478 e. The zero-order chi connectivity index (χ0) is 20.1. The molecule has 4 rings (SSSR count). The molecule has 2 atom stereocenters. The summed E-state index contributed by atoms with van der Waals surface area (Å²) in [5.41, 5.74) is -0.755. The Balaban J connectivity index is 1.88. The summed E-state index contributed by atoms with van der Waals surface area (Å²) in [6.07, 6.45) is 1.19. The van der Waals surface area contributed by atoms with Crippen LogP contribution in [0.2, 0.25) is 5.02 Å². The molecular formula is C21H16BrClO5. The van der Waals surface area contributed by atoms with Crippen molar-refractivity contribution in [2.45, 2.75) is 25.4 Å². The number of fused-ring (bicyclic) bond motifs is 1. The molecule has 7 heteroatoms. The van der Waals surface area contributed by atoms with Crippen molar-refractivity contribution in [3.8, 4) is 17.1 Å². The van der Waals surface area contributed by atoms with Crippen molar-refractivity contribution in [3.05, 3.63) is 62.2 Å². The topological polar surface area (TPSA) is 76.7 Å². The Hall–Kier alpha value is -2.31. The molecule has 0 amide bonds. The number of aliphatic carboxylic acids is 1. The molecule has 1 heterocycles. The van der Waals surface area contributed by atoms with Gasteiger partial charge in [-0.25, -0.2) is 4.79 Å². The molecule has 0 spiro atoms. The molecule has 1 saturated carbocycles. The fourth-order valence-electron chi connectivity index (χ4n) is 3.46. The lowest BCUT2D eigenvalue weighted by Gasteiger charge is -2.44. The first-order valence-corrected chi connectivity index (χ1v) is 9.93. The van der Waals surface area contributed by atoms with Crippen LogP contribution in [0.1, 0.15) is 19.8 Å². The Morgan fingerprint density at radius 1 is 1.32 bits per heavy atom. The van der Waals surface area contributed by atoms with Crippen LogP contribution in [-0.4, -0.2) is 16.7 Å². The second kappa shape index (κ2) is 6.94. The van der Waals surface area contributed by atoms with E-state index in [1.54, 1.807) is 36.4 Å². The SMILES string of the molecule is CC1CCC1(Oc1cc(Br)ccc1-c1cc(=O)c2cccc(Cl)c2o1)C(=O)O. The summed E-state index contributed by atoms with van der Waals surface area (Å²) in [6, 6.07) is 11.5. The summed E-state index contributed by atoms with van der Waals surface area (Å²) < 4.78 is 12.7. The summed E-state index contributed by atoms with van der Waals surface area (Å²) >= 11 is 9.60. The zero-order valence-corrected chi connectivity index (χ0v) is 17.2. The van der Waals surface area contributed by atoms with E-state index in [2.05, 4.69) is 15.9 Å². The van der Waals surface area contributed by atoms with E-state index in [0.29, 0.717) is 28.1 Å². The minimum absolute atomic E-state index is 0.130. The van der Waals surface area contributed by atoms with Crippen LogP contribution in [0.3, 0.4) is 0 Å². The minimum atomic E-state index is -1.29. The number of halogens is 2. The van der Waals surface area contributed by atoms with Gasteiger partial charge in [-0.2, -0.15) is 0 Å². The number of carbonyl (C=O) groups is 1. The van der Waals surface area contributed by atoms with Gasteiger partial charge in [-0.1, -0.05) is 40.5 Å². The van der Waals surface area contributed by atoms with Gasteiger partial charge in [0.25, 0.3) is 0 Å². The third kappa shape index (κ3) is 3.01. The fraction of sp³-hybridized carbons (Fsp3) is 0.238. The van der Waals surface area contributed by atoms with E-state index < -0.39 is 11.6 Å². The van der Waals surface area contributed by atoms with Crippen LogP contribution in [-0.2, 0) is 4.79 Å². The summed E-state index contributed by atoms with van der Waals surface area (Å²) in [7, 11) is 0. The van der Waals surface area contributed by atoms with Crippen molar-refractivity contribution in [3.63, 3.8) is 0 Å². The number of hydrogen-bond acceptors (Lipinski definition) is 4. The van der Waals surface area contributed by atoms with Crippen LogP contribution in [0.4, 0.5) is 0 Å². The van der Waals surface area contributed by atoms with Crippen molar-refractivity contribution in [2.24, 2.45) is 5.92 Å². The number of hydrogen-bond donors (Lipinski definition) is 1. The second-order valence-electron chi connectivity index (χ2n) is 6.97. The van der Waals surface area contributed by atoms with E-state index in [-0.39, 0.29) is 22.7 Å². The summed E-state index contributed by atoms with van der Waals surface area (Å²) in [5.74, 6) is -0.534. The van der Waals surface area contributed by atoms with Crippen LogP contribution in [0.5, 0.6) is 5.75 Å². The lowest BCUT2D eigenvalue weighted by molar-refractivity contribution is -0.171. The Bertz CT molecular complexity index is 1160. The number of rotatable bonds is 4. The fourth-order valence-corrected chi connectivity index (χ4v) is 4.02. The monoisotopic (exact) mass is 462 g/mol. The molecule has 0 bridgehead atoms. The third-order valence-electron chi connectivity index (χ3n) is 5.31. The average molecular weight is 464 g/mol. The predicted molar refractivity (Wildman–Crippen MR) is 110 cm³/mol. The smallest absolute Gasteiger partial charge is 0.348 e. The van der Waals surface area contributed by atoms with E-state index >= 15 is 0 Å². The van der Waals surface area contributed by atoms with Gasteiger partial charge in [-0.15, -0.1) is 0 Å². The summed E-state index contributed by atoms with van der Waals surface area (Å²) in [5, 5.41) is 10.4. The molecular weight excluding hydrogens is 448 g/mol. The molecule has 3 aromatic rings.